The van der Waals surface area contributed by atoms with Crippen molar-refractivity contribution >= 4 is 44.2 Å². The first kappa shape index (κ1) is 25.1. The Bertz CT molecular complexity index is 1760. The molecule has 0 amide bonds. The van der Waals surface area contributed by atoms with Gasteiger partial charge in [-0.1, -0.05) is 35.3 Å². The van der Waals surface area contributed by atoms with Crippen molar-refractivity contribution in [1.29, 1.82) is 0 Å². The third-order valence-electron chi connectivity index (χ3n) is 5.34. The highest BCUT2D eigenvalue weighted by Crippen LogP contribution is 2.36. The molecule has 7 nitrogen and oxygen atoms in total. The average molecular weight is 564 g/mol. The fraction of sp³-hybridized carbons (Fsp3) is 0.0833. The number of halogens is 5. The first-order valence-corrected chi connectivity index (χ1v) is 13.1. The van der Waals surface area contributed by atoms with Gasteiger partial charge in [0.2, 0.25) is 15.0 Å². The molecule has 0 aliphatic rings. The van der Waals surface area contributed by atoms with E-state index in [1.54, 1.807) is 53.1 Å². The Morgan fingerprint density at radius 1 is 0.892 bits per heavy atom. The van der Waals surface area contributed by atoms with Gasteiger partial charge in [-0.05, 0) is 48.5 Å². The second kappa shape index (κ2) is 9.09. The van der Waals surface area contributed by atoms with Crippen molar-refractivity contribution in [1.82, 2.24) is 24.5 Å². The van der Waals surface area contributed by atoms with Crippen LogP contribution in [0.3, 0.4) is 0 Å². The molecule has 0 fully saturated rings. The maximum Gasteiger partial charge on any atom is 0.433 e. The lowest BCUT2D eigenvalue weighted by atomic mass is 10.1. The van der Waals surface area contributed by atoms with Crippen molar-refractivity contribution in [2.45, 2.75) is 11.3 Å². The van der Waals surface area contributed by atoms with Crippen LogP contribution in [-0.2, 0) is 16.0 Å². The molecule has 0 unspecified atom stereocenters. The number of fused-ring (bicyclic) bond motifs is 1. The van der Waals surface area contributed by atoms with E-state index in [0.717, 1.165) is 24.6 Å². The zero-order valence-electron chi connectivity index (χ0n) is 18.7. The minimum atomic E-state index is -4.65. The molecule has 0 aliphatic heterocycles. The lowest BCUT2D eigenvalue weighted by Crippen LogP contribution is -2.09. The first-order chi connectivity index (χ1) is 17.4. The topological polar surface area (TPSA) is 90.6 Å². The fourth-order valence-corrected chi connectivity index (χ4v) is 4.52. The highest BCUT2D eigenvalue weighted by Gasteiger charge is 2.32. The van der Waals surface area contributed by atoms with E-state index in [9.17, 15) is 21.6 Å². The van der Waals surface area contributed by atoms with Gasteiger partial charge in [-0.15, -0.1) is 0 Å². The van der Waals surface area contributed by atoms with E-state index in [4.69, 9.17) is 23.2 Å². The van der Waals surface area contributed by atoms with E-state index < -0.39 is 26.9 Å². The van der Waals surface area contributed by atoms with Crippen LogP contribution in [0.1, 0.15) is 5.69 Å². The van der Waals surface area contributed by atoms with Crippen LogP contribution in [0.15, 0.2) is 72.0 Å². The van der Waals surface area contributed by atoms with E-state index in [0.29, 0.717) is 27.1 Å². The predicted molar refractivity (Wildman–Crippen MR) is 133 cm³/mol. The van der Waals surface area contributed by atoms with E-state index in [-0.39, 0.29) is 22.4 Å². The molecule has 3 aromatic heterocycles. The first-order valence-electron chi connectivity index (χ1n) is 10.5. The zero-order chi connectivity index (χ0) is 26.5. The summed E-state index contributed by atoms with van der Waals surface area (Å²) < 4.78 is 65.9. The van der Waals surface area contributed by atoms with Gasteiger partial charge in [0.15, 0.2) is 5.65 Å². The van der Waals surface area contributed by atoms with Gasteiger partial charge in [-0.25, -0.2) is 18.4 Å². The van der Waals surface area contributed by atoms with E-state index in [2.05, 4.69) is 19.9 Å². The van der Waals surface area contributed by atoms with Gasteiger partial charge in [-0.3, -0.25) is 9.55 Å². The Labute approximate surface area is 218 Å². The molecule has 2 aromatic carbocycles. The van der Waals surface area contributed by atoms with Crippen molar-refractivity contribution in [3.05, 3.63) is 82.6 Å². The van der Waals surface area contributed by atoms with Gasteiger partial charge in [-0.2, -0.15) is 18.2 Å². The lowest BCUT2D eigenvalue weighted by molar-refractivity contribution is -0.141. The van der Waals surface area contributed by atoms with Gasteiger partial charge in [0.1, 0.15) is 22.7 Å². The summed E-state index contributed by atoms with van der Waals surface area (Å²) in [4.78, 5) is 16.6. The SMILES string of the molecule is CS(=O)(=O)c1nc(-c2ccc(C(F)(F)F)nc2)c2nc(-c3ccccc3Cl)n(-c3ccc(Cl)cc3)c2n1. The minimum absolute atomic E-state index is 0.00679. The summed E-state index contributed by atoms with van der Waals surface area (Å²) in [6, 6.07) is 15.5. The maximum atomic E-state index is 13.1. The van der Waals surface area contributed by atoms with Crippen LogP contribution in [0.25, 0.3) is 39.5 Å². The normalized spacial score (nSPS) is 12.3. The quantitative estimate of drug-likeness (QED) is 0.239. The molecule has 0 N–H and O–H groups in total. The summed E-state index contributed by atoms with van der Waals surface area (Å²) in [5.41, 5.74) is 0.296. The number of alkyl halides is 3. The van der Waals surface area contributed by atoms with Crippen LogP contribution in [0.5, 0.6) is 0 Å². The number of aromatic nitrogens is 5. The molecule has 0 aliphatic carbocycles. The number of nitrogens with zero attached hydrogens (tertiary/aromatic N) is 5. The highest BCUT2D eigenvalue weighted by atomic mass is 35.5. The number of hydrogen-bond donors (Lipinski definition) is 0. The molecule has 0 spiro atoms. The number of imidazole rings is 1. The summed E-state index contributed by atoms with van der Waals surface area (Å²) >= 11 is 12.5. The van der Waals surface area contributed by atoms with Crippen molar-refractivity contribution < 1.29 is 21.6 Å². The summed E-state index contributed by atoms with van der Waals surface area (Å²) in [5.74, 6) is 0.309. The summed E-state index contributed by atoms with van der Waals surface area (Å²) in [6.07, 6.45) is -2.75. The zero-order valence-corrected chi connectivity index (χ0v) is 21.0. The third kappa shape index (κ3) is 4.77. The Morgan fingerprint density at radius 2 is 1.59 bits per heavy atom. The van der Waals surface area contributed by atoms with Gasteiger partial charge in [0.25, 0.3) is 0 Å². The third-order valence-corrected chi connectivity index (χ3v) is 6.77. The number of sulfone groups is 1. The van der Waals surface area contributed by atoms with Crippen molar-refractivity contribution in [2.75, 3.05) is 6.26 Å². The highest BCUT2D eigenvalue weighted by molar-refractivity contribution is 7.90. The Morgan fingerprint density at radius 3 is 2.19 bits per heavy atom. The second-order valence-corrected chi connectivity index (χ2v) is 10.7. The van der Waals surface area contributed by atoms with Gasteiger partial charge in [0, 0.05) is 34.3 Å². The van der Waals surface area contributed by atoms with Gasteiger partial charge in [0.05, 0.1) is 5.02 Å². The van der Waals surface area contributed by atoms with E-state index in [1.165, 1.54) is 0 Å². The summed E-state index contributed by atoms with van der Waals surface area (Å²) in [5, 5.41) is 0.299. The van der Waals surface area contributed by atoms with Gasteiger partial charge >= 0.3 is 6.18 Å². The lowest BCUT2D eigenvalue weighted by Gasteiger charge is -2.11. The largest absolute Gasteiger partial charge is 0.433 e. The smallest absolute Gasteiger partial charge is 0.276 e. The molecule has 13 heteroatoms. The van der Waals surface area contributed by atoms with Crippen molar-refractivity contribution in [3.8, 4) is 28.3 Å². The Kier molecular flexibility index (Phi) is 6.17. The number of pyridine rings is 1. The summed E-state index contributed by atoms with van der Waals surface area (Å²) in [7, 11) is -3.94. The van der Waals surface area contributed by atoms with Crippen LogP contribution in [-0.4, -0.2) is 39.2 Å². The number of hydrogen-bond acceptors (Lipinski definition) is 6. The Balaban J connectivity index is 1.89. The van der Waals surface area contributed by atoms with Gasteiger partial charge < -0.3 is 0 Å². The van der Waals surface area contributed by atoms with Crippen LogP contribution in [0.2, 0.25) is 10.0 Å². The molecule has 5 rings (SSSR count). The van der Waals surface area contributed by atoms with Crippen molar-refractivity contribution in [3.63, 3.8) is 0 Å². The molecule has 5 aromatic rings. The predicted octanol–water partition coefficient (Wildman–Crippen LogP) is 6.27. The molecule has 37 heavy (non-hydrogen) atoms. The monoisotopic (exact) mass is 563 g/mol. The van der Waals surface area contributed by atoms with E-state index in [1.807, 2.05) is 0 Å². The number of benzene rings is 2. The molecule has 0 radical (unpaired) electrons. The molecule has 3 heterocycles. The van der Waals surface area contributed by atoms with Crippen LogP contribution >= 0.6 is 23.2 Å². The molecular weight excluding hydrogens is 550 g/mol. The van der Waals surface area contributed by atoms with Crippen LogP contribution in [0, 0.1) is 0 Å². The molecule has 0 saturated carbocycles. The molecule has 0 bridgehead atoms. The molecule has 188 valence electrons. The molecular formula is C24H14Cl2F3N5O2S. The minimum Gasteiger partial charge on any atom is -0.276 e. The average Bonchev–Trinajstić information content (AvgIpc) is 3.22. The van der Waals surface area contributed by atoms with Crippen molar-refractivity contribution in [2.24, 2.45) is 0 Å². The molecule has 0 saturated heterocycles. The van der Waals surface area contributed by atoms with Crippen LogP contribution in [0.4, 0.5) is 13.2 Å². The Hall–Kier alpha value is -3.54. The van der Waals surface area contributed by atoms with E-state index >= 15 is 0 Å². The standard InChI is InChI=1S/C24H14Cl2F3N5O2S/c1-37(35,36)23-32-19(13-6-11-18(30-12-13)24(27,28)29)20-22(33-23)34(15-9-7-14(25)8-10-15)21(31-20)16-4-2-3-5-17(16)26/h2-12H,1H3. The second-order valence-electron chi connectivity index (χ2n) is 7.96. The van der Waals surface area contributed by atoms with Crippen LogP contribution < -0.4 is 0 Å². The number of rotatable bonds is 4. The molecule has 0 atom stereocenters. The fourth-order valence-electron chi connectivity index (χ4n) is 3.66. The summed E-state index contributed by atoms with van der Waals surface area (Å²) in [6.45, 7) is 0. The maximum absolute atomic E-state index is 13.1.